The maximum absolute atomic E-state index is 11.4. The van der Waals surface area contributed by atoms with E-state index < -0.39 is 0 Å². The van der Waals surface area contributed by atoms with Crippen LogP contribution in [0.2, 0.25) is 0 Å². The third-order valence-electron chi connectivity index (χ3n) is 9.16. The molecule has 39 heavy (non-hydrogen) atoms. The highest BCUT2D eigenvalue weighted by atomic mass is 16.1. The van der Waals surface area contributed by atoms with Gasteiger partial charge in [0, 0.05) is 28.5 Å². The van der Waals surface area contributed by atoms with Gasteiger partial charge in [0.25, 0.3) is 0 Å². The Morgan fingerprint density at radius 2 is 1.44 bits per heavy atom. The summed E-state index contributed by atoms with van der Waals surface area (Å²) < 4.78 is 4.97. The lowest BCUT2D eigenvalue weighted by Crippen LogP contribution is -2.33. The standard InChI is InChI=1S/C34H38N4O/c1-8-11-26-23(7)32-14-27-19(3)20(4)28(35-27)16-33-24(9-2)22(6)31-15-29-21(5)25(12-10-13-39)30(36-29)17-34(26)38(32)18-37(31)33/h13-17H,8-12,18H2,1-7H3. The highest BCUT2D eigenvalue weighted by Crippen LogP contribution is 2.36. The number of nitrogens with zero attached hydrogens (tertiary/aromatic N) is 4. The van der Waals surface area contributed by atoms with Crippen LogP contribution in [0.25, 0.3) is 24.3 Å². The molecule has 0 unspecified atom stereocenters. The Bertz CT molecular complexity index is 1770. The van der Waals surface area contributed by atoms with Gasteiger partial charge in [-0.25, -0.2) is 9.98 Å². The fourth-order valence-corrected chi connectivity index (χ4v) is 6.73. The molecule has 0 N–H and O–H groups in total. The molecule has 0 aromatic carbocycles. The van der Waals surface area contributed by atoms with Crippen LogP contribution in [0, 0.1) is 13.8 Å². The van der Waals surface area contributed by atoms with Gasteiger partial charge in [-0.1, -0.05) is 20.3 Å². The summed E-state index contributed by atoms with van der Waals surface area (Å²) >= 11 is 0. The van der Waals surface area contributed by atoms with Crippen LogP contribution < -0.4 is 10.7 Å². The van der Waals surface area contributed by atoms with Crippen LogP contribution in [0.15, 0.2) is 43.7 Å². The second-order valence-corrected chi connectivity index (χ2v) is 11.2. The van der Waals surface area contributed by atoms with Crippen LogP contribution in [0.4, 0.5) is 0 Å². The summed E-state index contributed by atoms with van der Waals surface area (Å²) in [7, 11) is 0. The molecule has 4 aliphatic heterocycles. The topological polar surface area (TPSA) is 51.6 Å². The van der Waals surface area contributed by atoms with Crippen molar-refractivity contribution in [2.75, 3.05) is 0 Å². The zero-order chi connectivity index (χ0) is 27.6. The number of aliphatic imine (C=N–C) groups is 2. The minimum Gasteiger partial charge on any atom is -0.322 e. The fraction of sp³-hybridized carbons (Fsp3) is 0.382. The fourth-order valence-electron chi connectivity index (χ4n) is 6.73. The van der Waals surface area contributed by atoms with Crippen molar-refractivity contribution in [3.8, 4) is 0 Å². The lowest BCUT2D eigenvalue weighted by atomic mass is 9.99. The number of aromatic nitrogens is 2. The number of carbonyl (C=O) groups is 1. The minimum atomic E-state index is 0.506. The molecule has 0 radical (unpaired) electrons. The van der Waals surface area contributed by atoms with Gasteiger partial charge in [-0.2, -0.15) is 0 Å². The SMILES string of the molecule is CCCc1c(C)c2n3c1C=C1N=C(C=c4c(C)c(CC)c(n4C3)=CC3=NC(=C2)C(C)=C3C)C(C)=C1CCC=O. The number of hydrogen-bond donors (Lipinski definition) is 0. The van der Waals surface area contributed by atoms with Gasteiger partial charge in [0.1, 0.15) is 6.29 Å². The van der Waals surface area contributed by atoms with Gasteiger partial charge < -0.3 is 13.9 Å². The zero-order valence-corrected chi connectivity index (χ0v) is 24.3. The number of aldehydes is 1. The maximum atomic E-state index is 11.4. The molecule has 6 rings (SSSR count). The average Bonchev–Trinajstić information content (AvgIpc) is 3.53. The van der Waals surface area contributed by atoms with Crippen molar-refractivity contribution < 1.29 is 4.79 Å². The largest absolute Gasteiger partial charge is 0.322 e. The molecule has 0 saturated carbocycles. The van der Waals surface area contributed by atoms with E-state index >= 15 is 0 Å². The Morgan fingerprint density at radius 1 is 0.744 bits per heavy atom. The third-order valence-corrected chi connectivity index (χ3v) is 9.16. The molecular weight excluding hydrogens is 480 g/mol. The summed E-state index contributed by atoms with van der Waals surface area (Å²) in [5.41, 5.74) is 16.8. The normalized spacial score (nSPS) is 17.4. The van der Waals surface area contributed by atoms with Gasteiger partial charge in [0.15, 0.2) is 0 Å². The van der Waals surface area contributed by atoms with Gasteiger partial charge in [0.05, 0.1) is 29.5 Å². The molecule has 6 heterocycles. The van der Waals surface area contributed by atoms with Crippen molar-refractivity contribution in [3.63, 3.8) is 0 Å². The molecule has 0 spiro atoms. The molecule has 0 saturated heterocycles. The monoisotopic (exact) mass is 518 g/mol. The van der Waals surface area contributed by atoms with Crippen LogP contribution in [0.1, 0.15) is 87.5 Å². The van der Waals surface area contributed by atoms with Gasteiger partial charge >= 0.3 is 0 Å². The minimum absolute atomic E-state index is 0.506. The van der Waals surface area contributed by atoms with Crippen LogP contribution >= 0.6 is 0 Å². The van der Waals surface area contributed by atoms with E-state index in [0.29, 0.717) is 12.8 Å². The quantitative estimate of drug-likeness (QED) is 0.450. The molecule has 5 nitrogen and oxygen atoms in total. The van der Waals surface area contributed by atoms with E-state index in [-0.39, 0.29) is 0 Å². The van der Waals surface area contributed by atoms with Crippen LogP contribution in [-0.2, 0) is 24.3 Å². The van der Waals surface area contributed by atoms with E-state index in [1.165, 1.54) is 66.6 Å². The Balaban J connectivity index is 1.82. The molecule has 4 aliphatic rings. The zero-order valence-electron chi connectivity index (χ0n) is 24.3. The molecule has 2 aromatic heterocycles. The van der Waals surface area contributed by atoms with E-state index in [1.807, 2.05) is 0 Å². The number of allylic oxidation sites excluding steroid dienone is 4. The summed E-state index contributed by atoms with van der Waals surface area (Å²) in [6.07, 6.45) is 14.4. The summed E-state index contributed by atoms with van der Waals surface area (Å²) in [5.74, 6) is 0. The molecule has 0 atom stereocenters. The molecule has 2 aromatic rings. The molecule has 0 fully saturated rings. The van der Waals surface area contributed by atoms with Crippen molar-refractivity contribution in [2.24, 2.45) is 9.98 Å². The summed E-state index contributed by atoms with van der Waals surface area (Å²) in [4.78, 5) is 21.8. The summed E-state index contributed by atoms with van der Waals surface area (Å²) in [5, 5.41) is 2.44. The molecule has 0 amide bonds. The second-order valence-electron chi connectivity index (χ2n) is 11.2. The van der Waals surface area contributed by atoms with Crippen LogP contribution in [0.3, 0.4) is 0 Å². The van der Waals surface area contributed by atoms with Crippen molar-refractivity contribution in [2.45, 2.75) is 87.2 Å². The highest BCUT2D eigenvalue weighted by Gasteiger charge is 2.27. The average molecular weight is 519 g/mol. The Morgan fingerprint density at radius 3 is 2.15 bits per heavy atom. The Labute approximate surface area is 231 Å². The predicted molar refractivity (Wildman–Crippen MR) is 162 cm³/mol. The third kappa shape index (κ3) is 3.77. The molecule has 5 heteroatoms. The first kappa shape index (κ1) is 25.5. The van der Waals surface area contributed by atoms with Gasteiger partial charge in [-0.15, -0.1) is 0 Å². The Kier molecular flexibility index (Phi) is 6.21. The van der Waals surface area contributed by atoms with E-state index in [0.717, 1.165) is 55.0 Å². The van der Waals surface area contributed by atoms with Gasteiger partial charge in [-0.05, 0) is 123 Å². The molecule has 6 bridgehead atoms. The smallest absolute Gasteiger partial charge is 0.120 e. The van der Waals surface area contributed by atoms with Gasteiger partial charge in [-0.3, -0.25) is 0 Å². The number of rotatable bonds is 6. The van der Waals surface area contributed by atoms with E-state index in [4.69, 9.17) is 9.98 Å². The summed E-state index contributed by atoms with van der Waals surface area (Å²) in [6, 6.07) is 0. The van der Waals surface area contributed by atoms with Crippen molar-refractivity contribution in [1.82, 2.24) is 9.13 Å². The van der Waals surface area contributed by atoms with Crippen LogP contribution in [-0.4, -0.2) is 26.8 Å². The lowest BCUT2D eigenvalue weighted by molar-refractivity contribution is -0.107. The Hall–Kier alpha value is -3.73. The molecule has 200 valence electrons. The van der Waals surface area contributed by atoms with Gasteiger partial charge in [0.2, 0.25) is 0 Å². The number of fused-ring (bicyclic) bond motifs is 2. The number of carbonyl (C=O) groups excluding carboxylic acids is 1. The predicted octanol–water partition coefficient (Wildman–Crippen LogP) is 5.74. The van der Waals surface area contributed by atoms with E-state index in [9.17, 15) is 4.79 Å². The maximum Gasteiger partial charge on any atom is 0.120 e. The number of hydrogen-bond acceptors (Lipinski definition) is 3. The van der Waals surface area contributed by atoms with Crippen LogP contribution in [0.5, 0.6) is 0 Å². The van der Waals surface area contributed by atoms with Crippen molar-refractivity contribution >= 4 is 42.0 Å². The molecular formula is C34H38N4O. The second kappa shape index (κ2) is 9.48. The molecule has 0 aliphatic carbocycles. The van der Waals surface area contributed by atoms with E-state index in [1.54, 1.807) is 0 Å². The highest BCUT2D eigenvalue weighted by molar-refractivity contribution is 6.24. The first-order chi connectivity index (χ1) is 18.8. The van der Waals surface area contributed by atoms with Crippen molar-refractivity contribution in [1.29, 1.82) is 0 Å². The van der Waals surface area contributed by atoms with E-state index in [2.05, 4.69) is 81.9 Å². The first-order valence-corrected chi connectivity index (χ1v) is 14.3. The lowest BCUT2D eigenvalue weighted by Gasteiger charge is -2.16. The van der Waals surface area contributed by atoms with Crippen molar-refractivity contribution in [3.05, 3.63) is 78.0 Å². The summed E-state index contributed by atoms with van der Waals surface area (Å²) in [6.45, 7) is 16.3. The first-order valence-electron chi connectivity index (χ1n) is 14.3.